The summed E-state index contributed by atoms with van der Waals surface area (Å²) in [6.07, 6.45) is 2.18. The van der Waals surface area contributed by atoms with Crippen LogP contribution in [0.2, 0.25) is 0 Å². The van der Waals surface area contributed by atoms with Gasteiger partial charge in [-0.3, -0.25) is 9.59 Å². The van der Waals surface area contributed by atoms with Crippen LogP contribution in [0.15, 0.2) is 28.7 Å². The SMILES string of the molecule is CC(CCCC(C)C(=O)O)NC(=O)c1ccccc1Br. The first kappa shape index (κ1) is 16.7. The molecule has 0 saturated carbocycles. The van der Waals surface area contributed by atoms with Gasteiger partial charge in [-0.25, -0.2) is 0 Å². The number of halogens is 1. The number of rotatable bonds is 7. The van der Waals surface area contributed by atoms with Crippen LogP contribution in [-0.4, -0.2) is 23.0 Å². The van der Waals surface area contributed by atoms with E-state index in [1.807, 2.05) is 25.1 Å². The molecule has 0 radical (unpaired) electrons. The minimum Gasteiger partial charge on any atom is -0.481 e. The van der Waals surface area contributed by atoms with Gasteiger partial charge in [0.1, 0.15) is 0 Å². The molecule has 2 atom stereocenters. The third kappa shape index (κ3) is 5.33. The average molecular weight is 342 g/mol. The molecule has 0 aliphatic carbocycles. The molecular weight excluding hydrogens is 322 g/mol. The molecule has 0 saturated heterocycles. The minimum atomic E-state index is -0.769. The molecule has 5 heteroatoms. The molecule has 4 nitrogen and oxygen atoms in total. The average Bonchev–Trinajstić information content (AvgIpc) is 2.38. The largest absolute Gasteiger partial charge is 0.481 e. The van der Waals surface area contributed by atoms with Crippen molar-refractivity contribution in [2.24, 2.45) is 5.92 Å². The summed E-state index contributed by atoms with van der Waals surface area (Å²) in [5.41, 5.74) is 0.609. The Morgan fingerprint density at radius 2 is 1.90 bits per heavy atom. The highest BCUT2D eigenvalue weighted by Gasteiger charge is 2.14. The molecule has 0 aliphatic heterocycles. The van der Waals surface area contributed by atoms with Crippen molar-refractivity contribution in [3.8, 4) is 0 Å². The van der Waals surface area contributed by atoms with Crippen LogP contribution in [0.3, 0.4) is 0 Å². The normalized spacial score (nSPS) is 13.6. The Morgan fingerprint density at radius 3 is 2.50 bits per heavy atom. The smallest absolute Gasteiger partial charge is 0.306 e. The summed E-state index contributed by atoms with van der Waals surface area (Å²) < 4.78 is 0.768. The van der Waals surface area contributed by atoms with Gasteiger partial charge in [0.2, 0.25) is 0 Å². The number of nitrogens with one attached hydrogen (secondary N) is 1. The summed E-state index contributed by atoms with van der Waals surface area (Å²) in [4.78, 5) is 22.7. The Kier molecular flexibility index (Phi) is 6.71. The number of carbonyl (C=O) groups excluding carboxylic acids is 1. The maximum Gasteiger partial charge on any atom is 0.306 e. The summed E-state index contributed by atoms with van der Waals surface area (Å²) in [6, 6.07) is 7.29. The third-order valence-electron chi connectivity index (χ3n) is 3.19. The maximum absolute atomic E-state index is 12.0. The van der Waals surface area contributed by atoms with E-state index in [2.05, 4.69) is 21.2 Å². The van der Waals surface area contributed by atoms with E-state index in [1.165, 1.54) is 0 Å². The number of hydrogen-bond acceptors (Lipinski definition) is 2. The Morgan fingerprint density at radius 1 is 1.25 bits per heavy atom. The quantitative estimate of drug-likeness (QED) is 0.797. The molecule has 1 rings (SSSR count). The Labute approximate surface area is 127 Å². The molecule has 2 N–H and O–H groups in total. The van der Waals surface area contributed by atoms with Gasteiger partial charge in [0, 0.05) is 10.5 Å². The van der Waals surface area contributed by atoms with Gasteiger partial charge in [-0.15, -0.1) is 0 Å². The van der Waals surface area contributed by atoms with Gasteiger partial charge in [-0.2, -0.15) is 0 Å². The van der Waals surface area contributed by atoms with Crippen LogP contribution in [0.5, 0.6) is 0 Å². The molecule has 0 aromatic heterocycles. The van der Waals surface area contributed by atoms with Crippen LogP contribution in [0.25, 0.3) is 0 Å². The predicted octanol–water partition coefficient (Wildman–Crippen LogP) is 3.46. The number of amides is 1. The third-order valence-corrected chi connectivity index (χ3v) is 3.88. The van der Waals surface area contributed by atoms with E-state index < -0.39 is 5.97 Å². The maximum atomic E-state index is 12.0. The number of carboxylic acids is 1. The fourth-order valence-corrected chi connectivity index (χ4v) is 2.34. The number of hydrogen-bond donors (Lipinski definition) is 2. The molecule has 1 amide bonds. The van der Waals surface area contributed by atoms with Crippen molar-refractivity contribution >= 4 is 27.8 Å². The van der Waals surface area contributed by atoms with Crippen molar-refractivity contribution in [2.75, 3.05) is 0 Å². The lowest BCUT2D eigenvalue weighted by Crippen LogP contribution is -2.32. The molecule has 1 aromatic rings. The number of benzene rings is 1. The molecule has 0 aliphatic rings. The fourth-order valence-electron chi connectivity index (χ4n) is 1.87. The highest BCUT2D eigenvalue weighted by atomic mass is 79.9. The van der Waals surface area contributed by atoms with Crippen molar-refractivity contribution in [2.45, 2.75) is 39.2 Å². The van der Waals surface area contributed by atoms with Gasteiger partial charge < -0.3 is 10.4 Å². The van der Waals surface area contributed by atoms with E-state index in [0.717, 1.165) is 17.3 Å². The van der Waals surface area contributed by atoms with Crippen LogP contribution < -0.4 is 5.32 Å². The van der Waals surface area contributed by atoms with E-state index in [0.29, 0.717) is 12.0 Å². The molecular formula is C15H20BrNO3. The van der Waals surface area contributed by atoms with Gasteiger partial charge in [-0.05, 0) is 47.8 Å². The van der Waals surface area contributed by atoms with E-state index >= 15 is 0 Å². The van der Waals surface area contributed by atoms with Crippen molar-refractivity contribution < 1.29 is 14.7 Å². The molecule has 0 fully saturated rings. The highest BCUT2D eigenvalue weighted by molar-refractivity contribution is 9.10. The van der Waals surface area contributed by atoms with Gasteiger partial charge in [0.05, 0.1) is 11.5 Å². The first-order chi connectivity index (χ1) is 9.41. The standard InChI is InChI=1S/C15H20BrNO3/c1-10(15(19)20)6-5-7-11(2)17-14(18)12-8-3-4-9-13(12)16/h3-4,8-11H,5-7H2,1-2H3,(H,17,18)(H,19,20). The molecule has 1 aromatic carbocycles. The molecule has 110 valence electrons. The zero-order valence-electron chi connectivity index (χ0n) is 11.7. The summed E-state index contributed by atoms with van der Waals surface area (Å²) in [5, 5.41) is 11.7. The lowest BCUT2D eigenvalue weighted by Gasteiger charge is -2.15. The van der Waals surface area contributed by atoms with Crippen molar-refractivity contribution in [1.29, 1.82) is 0 Å². The van der Waals surface area contributed by atoms with Crippen molar-refractivity contribution in [1.82, 2.24) is 5.32 Å². The number of aliphatic carboxylic acids is 1. The first-order valence-electron chi connectivity index (χ1n) is 6.70. The molecule has 2 unspecified atom stereocenters. The number of carboxylic acid groups (broad SMARTS) is 1. The van der Waals surface area contributed by atoms with Crippen LogP contribution in [0.1, 0.15) is 43.5 Å². The van der Waals surface area contributed by atoms with Crippen molar-refractivity contribution in [3.63, 3.8) is 0 Å². The Hall–Kier alpha value is -1.36. The Bertz CT molecular complexity index is 476. The van der Waals surface area contributed by atoms with Crippen LogP contribution >= 0.6 is 15.9 Å². The van der Waals surface area contributed by atoms with Gasteiger partial charge >= 0.3 is 5.97 Å². The van der Waals surface area contributed by atoms with Crippen LogP contribution in [0, 0.1) is 5.92 Å². The molecule has 20 heavy (non-hydrogen) atoms. The lowest BCUT2D eigenvalue weighted by molar-refractivity contribution is -0.141. The van der Waals surface area contributed by atoms with Crippen LogP contribution in [0.4, 0.5) is 0 Å². The van der Waals surface area contributed by atoms with E-state index in [9.17, 15) is 9.59 Å². The number of carbonyl (C=O) groups is 2. The van der Waals surface area contributed by atoms with Crippen molar-refractivity contribution in [3.05, 3.63) is 34.3 Å². The summed E-state index contributed by atoms with van der Waals surface area (Å²) >= 11 is 3.35. The topological polar surface area (TPSA) is 66.4 Å². The lowest BCUT2D eigenvalue weighted by atomic mass is 10.0. The van der Waals surface area contributed by atoms with Gasteiger partial charge in [0.25, 0.3) is 5.91 Å². The summed E-state index contributed by atoms with van der Waals surface area (Å²) in [6.45, 7) is 3.63. The summed E-state index contributed by atoms with van der Waals surface area (Å²) in [5.74, 6) is -1.22. The molecule has 0 heterocycles. The summed E-state index contributed by atoms with van der Waals surface area (Å²) in [7, 11) is 0. The molecule has 0 spiro atoms. The molecule has 0 bridgehead atoms. The van der Waals surface area contributed by atoms with Gasteiger partial charge in [0.15, 0.2) is 0 Å². The van der Waals surface area contributed by atoms with Gasteiger partial charge in [-0.1, -0.05) is 25.5 Å². The van der Waals surface area contributed by atoms with E-state index in [4.69, 9.17) is 5.11 Å². The highest BCUT2D eigenvalue weighted by Crippen LogP contribution is 2.16. The second kappa shape index (κ2) is 8.04. The first-order valence-corrected chi connectivity index (χ1v) is 7.49. The predicted molar refractivity (Wildman–Crippen MR) is 81.7 cm³/mol. The van der Waals surface area contributed by atoms with E-state index in [1.54, 1.807) is 13.0 Å². The zero-order valence-corrected chi connectivity index (χ0v) is 13.3. The van der Waals surface area contributed by atoms with Crippen LogP contribution in [-0.2, 0) is 4.79 Å². The minimum absolute atomic E-state index is 0.0237. The Balaban J connectivity index is 2.39. The fraction of sp³-hybridized carbons (Fsp3) is 0.467. The zero-order chi connectivity index (χ0) is 15.1. The van der Waals surface area contributed by atoms with E-state index in [-0.39, 0.29) is 17.9 Å². The second-order valence-electron chi connectivity index (χ2n) is 5.02. The second-order valence-corrected chi connectivity index (χ2v) is 5.88. The monoisotopic (exact) mass is 341 g/mol.